The maximum atomic E-state index is 13.2. The van der Waals surface area contributed by atoms with Crippen LogP contribution in [0.25, 0.3) is 11.3 Å². The number of halogens is 4. The van der Waals surface area contributed by atoms with Gasteiger partial charge in [0, 0.05) is 24.8 Å². The number of likely N-dealkylation sites (N-methyl/N-ethyl adjacent to an activating group) is 1. The van der Waals surface area contributed by atoms with Gasteiger partial charge in [-0.25, -0.2) is 8.42 Å². The van der Waals surface area contributed by atoms with Crippen molar-refractivity contribution in [2.75, 3.05) is 6.54 Å². The van der Waals surface area contributed by atoms with Crippen molar-refractivity contribution in [1.82, 2.24) is 14.6 Å². The van der Waals surface area contributed by atoms with Crippen molar-refractivity contribution in [3.63, 3.8) is 0 Å². The van der Waals surface area contributed by atoms with Gasteiger partial charge in [-0.15, -0.1) is 24.5 Å². The van der Waals surface area contributed by atoms with Crippen molar-refractivity contribution in [1.29, 1.82) is 0 Å². The molecule has 2 aromatic heterocycles. The molecule has 1 aliphatic carbocycles. The molecule has 0 radical (unpaired) electrons. The number of benzene rings is 1. The fraction of sp³-hybridized carbons (Fsp3) is 0.333. The van der Waals surface area contributed by atoms with E-state index in [1.807, 2.05) is 0 Å². The number of thiophene rings is 1. The van der Waals surface area contributed by atoms with E-state index in [2.05, 4.69) is 15.0 Å². The number of pyridine rings is 1. The number of carbonyl (C=O) groups excluding carboxylic acids is 1. The number of alkyl halides is 3. The summed E-state index contributed by atoms with van der Waals surface area (Å²) in [7, 11) is -3.90. The third-order valence-corrected chi connectivity index (χ3v) is 9.40. The second kappa shape index (κ2) is 11.0. The minimum Gasteiger partial charge on any atom is -0.406 e. The number of aromatic nitrogens is 1. The first kappa shape index (κ1) is 27.4. The predicted molar refractivity (Wildman–Crippen MR) is 134 cm³/mol. The van der Waals surface area contributed by atoms with Crippen LogP contribution in [0.2, 0.25) is 4.34 Å². The smallest absolute Gasteiger partial charge is 0.406 e. The average molecular weight is 574 g/mol. The Balaban J connectivity index is 1.46. The summed E-state index contributed by atoms with van der Waals surface area (Å²) in [6, 6.07) is 10.8. The molecule has 0 bridgehead atoms. The zero-order chi connectivity index (χ0) is 26.8. The van der Waals surface area contributed by atoms with Gasteiger partial charge < -0.3 is 10.1 Å². The van der Waals surface area contributed by atoms with Crippen LogP contribution >= 0.6 is 22.9 Å². The number of amides is 1. The molecule has 13 heteroatoms. The monoisotopic (exact) mass is 573 g/mol. The molecule has 1 aromatic carbocycles. The zero-order valence-electron chi connectivity index (χ0n) is 19.5. The van der Waals surface area contributed by atoms with Gasteiger partial charge in [0.05, 0.1) is 10.0 Å². The molecule has 1 unspecified atom stereocenters. The van der Waals surface area contributed by atoms with Gasteiger partial charge in [0.2, 0.25) is 5.91 Å². The van der Waals surface area contributed by atoms with E-state index in [0.29, 0.717) is 21.2 Å². The van der Waals surface area contributed by atoms with Crippen LogP contribution in [0.3, 0.4) is 0 Å². The van der Waals surface area contributed by atoms with E-state index in [-0.39, 0.29) is 29.0 Å². The molecule has 7 nitrogen and oxygen atoms in total. The first-order chi connectivity index (χ1) is 17.5. The summed E-state index contributed by atoms with van der Waals surface area (Å²) in [6.07, 6.45) is -1.75. The van der Waals surface area contributed by atoms with Crippen LogP contribution in [0, 0.1) is 5.92 Å². The van der Waals surface area contributed by atoms with Crippen molar-refractivity contribution in [2.45, 2.75) is 42.9 Å². The Morgan fingerprint density at radius 3 is 2.49 bits per heavy atom. The van der Waals surface area contributed by atoms with E-state index >= 15 is 0 Å². The molecule has 1 aliphatic rings. The minimum atomic E-state index is -4.78. The number of sulfonamides is 1. The Morgan fingerprint density at radius 1 is 1.22 bits per heavy atom. The quantitative estimate of drug-likeness (QED) is 0.348. The third-order valence-electron chi connectivity index (χ3n) is 5.75. The molecule has 0 saturated heterocycles. The number of hydrogen-bond donors (Lipinski definition) is 1. The summed E-state index contributed by atoms with van der Waals surface area (Å²) in [5.74, 6) is -0.816. The molecule has 37 heavy (non-hydrogen) atoms. The summed E-state index contributed by atoms with van der Waals surface area (Å²) < 4.78 is 69.2. The lowest BCUT2D eigenvalue weighted by molar-refractivity contribution is -0.274. The molecule has 198 valence electrons. The Hall–Kier alpha value is -2.67. The zero-order valence-corrected chi connectivity index (χ0v) is 21.9. The Bertz CT molecular complexity index is 1360. The molecular formula is C24H23ClF3N3O4S2. The average Bonchev–Trinajstić information content (AvgIpc) is 3.58. The molecule has 1 atom stereocenters. The largest absolute Gasteiger partial charge is 0.573 e. The molecule has 1 N–H and O–H groups in total. The molecule has 0 spiro atoms. The SMILES string of the molecule is CCN(C(C(=O)NCc1ccnc(-c2ccc(OC(F)(F)F)cc2)c1)C1CC1)S(=O)(=O)c1ccc(Cl)s1. The minimum absolute atomic E-state index is 0.0735. The highest BCUT2D eigenvalue weighted by Gasteiger charge is 2.44. The molecule has 3 aromatic rings. The van der Waals surface area contributed by atoms with Gasteiger partial charge in [-0.2, -0.15) is 4.31 Å². The Labute approximate surface area is 221 Å². The van der Waals surface area contributed by atoms with Crippen LogP contribution < -0.4 is 10.1 Å². The molecule has 1 saturated carbocycles. The van der Waals surface area contributed by atoms with Crippen molar-refractivity contribution in [2.24, 2.45) is 5.92 Å². The highest BCUT2D eigenvalue weighted by atomic mass is 35.5. The van der Waals surface area contributed by atoms with Crippen LogP contribution in [0.5, 0.6) is 5.75 Å². The number of ether oxygens (including phenoxy) is 1. The highest BCUT2D eigenvalue weighted by Crippen LogP contribution is 2.39. The summed E-state index contributed by atoms with van der Waals surface area (Å²) in [5, 5.41) is 2.84. The lowest BCUT2D eigenvalue weighted by atomic mass is 10.1. The van der Waals surface area contributed by atoms with Crippen LogP contribution in [-0.4, -0.2) is 42.6 Å². The van der Waals surface area contributed by atoms with E-state index in [1.54, 1.807) is 19.1 Å². The number of rotatable bonds is 10. The predicted octanol–water partition coefficient (Wildman–Crippen LogP) is 5.47. The lowest BCUT2D eigenvalue weighted by Crippen LogP contribution is -2.50. The third kappa shape index (κ3) is 6.81. The maximum Gasteiger partial charge on any atom is 0.573 e. The molecule has 0 aliphatic heterocycles. The molecule has 2 heterocycles. The second-order valence-corrected chi connectivity index (χ2v) is 12.2. The number of nitrogens with one attached hydrogen (secondary N) is 1. The van der Waals surface area contributed by atoms with Crippen molar-refractivity contribution in [3.05, 3.63) is 64.6 Å². The fourth-order valence-electron chi connectivity index (χ4n) is 3.92. The Morgan fingerprint density at radius 2 is 1.92 bits per heavy atom. The first-order valence-corrected chi connectivity index (χ1v) is 14.0. The maximum absolute atomic E-state index is 13.2. The van der Waals surface area contributed by atoms with Gasteiger partial charge >= 0.3 is 6.36 Å². The van der Waals surface area contributed by atoms with Crippen molar-refractivity contribution < 1.29 is 31.1 Å². The van der Waals surface area contributed by atoms with Gasteiger partial charge in [-0.05, 0) is 72.9 Å². The molecule has 1 fully saturated rings. The summed E-state index contributed by atoms with van der Waals surface area (Å²) >= 11 is 6.89. The standard InChI is InChI=1S/C24H23ClF3N3O4S2/c1-2-31(37(33,34)21-10-9-20(25)36-21)22(17-3-4-17)23(32)30-14-15-11-12-29-19(13-15)16-5-7-18(8-6-16)35-24(26,27)28/h5-13,17,22H,2-4,14H2,1H3,(H,30,32). The number of nitrogens with zero attached hydrogens (tertiary/aromatic N) is 2. The van der Waals surface area contributed by atoms with E-state index in [9.17, 15) is 26.4 Å². The van der Waals surface area contributed by atoms with Gasteiger partial charge in [-0.1, -0.05) is 18.5 Å². The van der Waals surface area contributed by atoms with Crippen LogP contribution in [0.15, 0.2) is 58.9 Å². The second-order valence-electron chi connectivity index (χ2n) is 8.39. The summed E-state index contributed by atoms with van der Waals surface area (Å²) in [5.41, 5.74) is 1.76. The van der Waals surface area contributed by atoms with Gasteiger partial charge in [0.25, 0.3) is 10.0 Å². The van der Waals surface area contributed by atoms with Crippen molar-refractivity contribution in [3.8, 4) is 17.0 Å². The van der Waals surface area contributed by atoms with Crippen LogP contribution in [0.1, 0.15) is 25.3 Å². The van der Waals surface area contributed by atoms with Crippen molar-refractivity contribution >= 4 is 38.9 Å². The Kier molecular flexibility index (Phi) is 8.12. The van der Waals surface area contributed by atoms with Gasteiger partial charge in [-0.3, -0.25) is 9.78 Å². The molecule has 4 rings (SSSR count). The topological polar surface area (TPSA) is 88.6 Å². The van der Waals surface area contributed by atoms with E-state index in [4.69, 9.17) is 11.6 Å². The van der Waals surface area contributed by atoms with E-state index in [1.165, 1.54) is 46.9 Å². The molecule has 1 amide bonds. The summed E-state index contributed by atoms with van der Waals surface area (Å²) in [4.78, 5) is 17.5. The van der Waals surface area contributed by atoms with Gasteiger partial charge in [0.15, 0.2) is 0 Å². The number of hydrogen-bond acceptors (Lipinski definition) is 6. The lowest BCUT2D eigenvalue weighted by Gasteiger charge is -2.28. The first-order valence-electron chi connectivity index (χ1n) is 11.3. The van der Waals surface area contributed by atoms with Gasteiger partial charge in [0.1, 0.15) is 16.0 Å². The van der Waals surface area contributed by atoms with E-state index < -0.39 is 28.3 Å². The summed E-state index contributed by atoms with van der Waals surface area (Å²) in [6.45, 7) is 1.94. The highest BCUT2D eigenvalue weighted by molar-refractivity contribution is 7.91. The normalized spacial score (nSPS) is 15.0. The van der Waals surface area contributed by atoms with Crippen LogP contribution in [-0.2, 0) is 21.4 Å². The van der Waals surface area contributed by atoms with Crippen LogP contribution in [0.4, 0.5) is 13.2 Å². The number of carbonyl (C=O) groups is 1. The van der Waals surface area contributed by atoms with E-state index in [0.717, 1.165) is 24.2 Å². The fourth-order valence-corrected chi connectivity index (χ4v) is 7.19. The molecular weight excluding hydrogens is 551 g/mol.